The molecule has 1 nitrogen and oxygen atoms in total. The molecule has 4 heteroatoms. The van der Waals surface area contributed by atoms with Crippen molar-refractivity contribution in [2.24, 2.45) is 0 Å². The third kappa shape index (κ3) is 1.83. The quantitative estimate of drug-likeness (QED) is 0.702. The van der Waals surface area contributed by atoms with Crippen molar-refractivity contribution in [1.29, 1.82) is 0 Å². The fraction of sp³-hybridized carbons (Fsp3) is 0. The lowest BCUT2D eigenvalue weighted by Crippen LogP contribution is -1.90. The summed E-state index contributed by atoms with van der Waals surface area (Å²) >= 11 is 0. The lowest BCUT2D eigenvalue weighted by Gasteiger charge is -2.03. The summed E-state index contributed by atoms with van der Waals surface area (Å²) in [6.45, 7) is 0. The van der Waals surface area contributed by atoms with Crippen LogP contribution in [0.15, 0.2) is 36.7 Å². The van der Waals surface area contributed by atoms with Crippen LogP contribution in [0.3, 0.4) is 0 Å². The van der Waals surface area contributed by atoms with Gasteiger partial charge in [0, 0.05) is 17.3 Å². The molecule has 76 valence electrons. The van der Waals surface area contributed by atoms with Crippen molar-refractivity contribution in [3.63, 3.8) is 0 Å². The van der Waals surface area contributed by atoms with E-state index in [0.29, 0.717) is 0 Å². The van der Waals surface area contributed by atoms with E-state index in [1.54, 1.807) is 0 Å². The standard InChI is InChI=1S/C11H6F3N/c12-8-4-7(5-15-6-8)9-2-1-3-10(13)11(9)14/h1-6H. The van der Waals surface area contributed by atoms with E-state index < -0.39 is 17.5 Å². The molecule has 0 unspecified atom stereocenters. The number of nitrogens with zero attached hydrogens (tertiary/aromatic N) is 1. The summed E-state index contributed by atoms with van der Waals surface area (Å²) in [5.74, 6) is -2.54. The van der Waals surface area contributed by atoms with E-state index in [9.17, 15) is 13.2 Å². The number of pyridine rings is 1. The second-order valence-corrected chi connectivity index (χ2v) is 2.99. The minimum atomic E-state index is -0.995. The zero-order valence-corrected chi connectivity index (χ0v) is 7.55. The Balaban J connectivity index is 2.59. The van der Waals surface area contributed by atoms with E-state index in [1.165, 1.54) is 18.3 Å². The maximum atomic E-state index is 13.3. The molecule has 0 fully saturated rings. The van der Waals surface area contributed by atoms with Crippen LogP contribution in [-0.2, 0) is 0 Å². The number of hydrogen-bond acceptors (Lipinski definition) is 1. The van der Waals surface area contributed by atoms with Crippen LogP contribution in [0.2, 0.25) is 0 Å². The van der Waals surface area contributed by atoms with E-state index in [-0.39, 0.29) is 11.1 Å². The molecule has 0 aliphatic rings. The van der Waals surface area contributed by atoms with Gasteiger partial charge in [-0.05, 0) is 12.1 Å². The normalized spacial score (nSPS) is 10.3. The van der Waals surface area contributed by atoms with Crippen molar-refractivity contribution in [2.75, 3.05) is 0 Å². The fourth-order valence-corrected chi connectivity index (χ4v) is 1.29. The molecule has 0 aliphatic carbocycles. The van der Waals surface area contributed by atoms with Crippen LogP contribution in [0.25, 0.3) is 11.1 Å². The molecule has 0 spiro atoms. The molecule has 2 aromatic rings. The first-order valence-electron chi connectivity index (χ1n) is 4.23. The molecule has 0 bridgehead atoms. The summed E-state index contributed by atoms with van der Waals surface area (Å²) in [4.78, 5) is 3.57. The summed E-state index contributed by atoms with van der Waals surface area (Å²) in [6.07, 6.45) is 2.28. The molecule has 1 aromatic heterocycles. The number of hydrogen-bond donors (Lipinski definition) is 0. The van der Waals surface area contributed by atoms with Gasteiger partial charge in [0.25, 0.3) is 0 Å². The highest BCUT2D eigenvalue weighted by atomic mass is 19.2. The first-order valence-corrected chi connectivity index (χ1v) is 4.23. The Morgan fingerprint density at radius 1 is 1.00 bits per heavy atom. The average molecular weight is 209 g/mol. The molecular formula is C11H6F3N. The van der Waals surface area contributed by atoms with Gasteiger partial charge in [0.15, 0.2) is 11.6 Å². The van der Waals surface area contributed by atoms with Crippen LogP contribution in [-0.4, -0.2) is 4.98 Å². The van der Waals surface area contributed by atoms with Crippen molar-refractivity contribution in [1.82, 2.24) is 4.98 Å². The van der Waals surface area contributed by atoms with Gasteiger partial charge in [0.1, 0.15) is 5.82 Å². The van der Waals surface area contributed by atoms with Gasteiger partial charge in [0.2, 0.25) is 0 Å². The highest BCUT2D eigenvalue weighted by Gasteiger charge is 2.10. The molecule has 1 heterocycles. The minimum absolute atomic E-state index is 0.00185. The zero-order chi connectivity index (χ0) is 10.8. The Morgan fingerprint density at radius 2 is 1.80 bits per heavy atom. The highest BCUT2D eigenvalue weighted by molar-refractivity contribution is 5.63. The Labute approximate surface area is 84.2 Å². The van der Waals surface area contributed by atoms with Gasteiger partial charge in [-0.25, -0.2) is 13.2 Å². The zero-order valence-electron chi connectivity index (χ0n) is 7.55. The molecule has 0 aliphatic heterocycles. The first kappa shape index (κ1) is 9.71. The molecule has 2 rings (SSSR count). The number of rotatable bonds is 1. The maximum Gasteiger partial charge on any atom is 0.166 e. The largest absolute Gasteiger partial charge is 0.261 e. The van der Waals surface area contributed by atoms with Gasteiger partial charge in [-0.2, -0.15) is 0 Å². The van der Waals surface area contributed by atoms with Gasteiger partial charge in [-0.15, -0.1) is 0 Å². The van der Waals surface area contributed by atoms with Gasteiger partial charge in [0.05, 0.1) is 6.20 Å². The molecule has 0 amide bonds. The predicted molar refractivity (Wildman–Crippen MR) is 49.5 cm³/mol. The van der Waals surface area contributed by atoms with Crippen molar-refractivity contribution >= 4 is 0 Å². The predicted octanol–water partition coefficient (Wildman–Crippen LogP) is 3.17. The molecule has 0 saturated carbocycles. The summed E-state index contributed by atoms with van der Waals surface area (Å²) in [7, 11) is 0. The third-order valence-corrected chi connectivity index (χ3v) is 1.97. The maximum absolute atomic E-state index is 13.3. The van der Waals surface area contributed by atoms with Crippen LogP contribution < -0.4 is 0 Å². The van der Waals surface area contributed by atoms with Crippen LogP contribution in [0, 0.1) is 17.5 Å². The second kappa shape index (κ2) is 3.73. The molecule has 0 atom stereocenters. The molecule has 1 aromatic carbocycles. The van der Waals surface area contributed by atoms with Crippen molar-refractivity contribution in [2.45, 2.75) is 0 Å². The Morgan fingerprint density at radius 3 is 2.53 bits per heavy atom. The van der Waals surface area contributed by atoms with Crippen LogP contribution in [0.1, 0.15) is 0 Å². The first-order chi connectivity index (χ1) is 7.18. The van der Waals surface area contributed by atoms with Crippen LogP contribution in [0.5, 0.6) is 0 Å². The number of benzene rings is 1. The lowest BCUT2D eigenvalue weighted by atomic mass is 10.1. The molecule has 0 radical (unpaired) electrons. The van der Waals surface area contributed by atoms with E-state index in [1.807, 2.05) is 0 Å². The summed E-state index contributed by atoms with van der Waals surface area (Å²) in [5, 5.41) is 0. The number of halogens is 3. The van der Waals surface area contributed by atoms with Gasteiger partial charge >= 0.3 is 0 Å². The van der Waals surface area contributed by atoms with Gasteiger partial charge in [-0.1, -0.05) is 12.1 Å². The van der Waals surface area contributed by atoms with Crippen molar-refractivity contribution < 1.29 is 13.2 Å². The van der Waals surface area contributed by atoms with Crippen LogP contribution >= 0.6 is 0 Å². The van der Waals surface area contributed by atoms with Crippen molar-refractivity contribution in [3.8, 4) is 11.1 Å². The second-order valence-electron chi connectivity index (χ2n) is 2.99. The van der Waals surface area contributed by atoms with Crippen LogP contribution in [0.4, 0.5) is 13.2 Å². The fourth-order valence-electron chi connectivity index (χ4n) is 1.29. The Hall–Kier alpha value is -1.84. The van der Waals surface area contributed by atoms with Gasteiger partial charge < -0.3 is 0 Å². The van der Waals surface area contributed by atoms with Gasteiger partial charge in [-0.3, -0.25) is 4.98 Å². The molecule has 15 heavy (non-hydrogen) atoms. The smallest absolute Gasteiger partial charge is 0.166 e. The molecule has 0 saturated heterocycles. The Kier molecular flexibility index (Phi) is 2.41. The minimum Gasteiger partial charge on any atom is -0.261 e. The van der Waals surface area contributed by atoms with E-state index in [4.69, 9.17) is 0 Å². The van der Waals surface area contributed by atoms with Crippen molar-refractivity contribution in [3.05, 3.63) is 54.1 Å². The van der Waals surface area contributed by atoms with E-state index >= 15 is 0 Å². The highest BCUT2D eigenvalue weighted by Crippen LogP contribution is 2.23. The molecular weight excluding hydrogens is 203 g/mol. The lowest BCUT2D eigenvalue weighted by molar-refractivity contribution is 0.511. The average Bonchev–Trinajstić information content (AvgIpc) is 2.22. The van der Waals surface area contributed by atoms with E-state index in [0.717, 1.165) is 18.3 Å². The summed E-state index contributed by atoms with van der Waals surface area (Å²) in [5.41, 5.74) is 0.217. The SMILES string of the molecule is Fc1cncc(-c2cccc(F)c2F)c1. The molecule has 0 N–H and O–H groups in total. The van der Waals surface area contributed by atoms with E-state index in [2.05, 4.69) is 4.98 Å². The topological polar surface area (TPSA) is 12.9 Å². The monoisotopic (exact) mass is 209 g/mol. The summed E-state index contributed by atoms with van der Waals surface area (Å²) < 4.78 is 39.0. The number of aromatic nitrogens is 1. The summed E-state index contributed by atoms with van der Waals surface area (Å²) in [6, 6.07) is 4.84. The third-order valence-electron chi connectivity index (χ3n) is 1.97. The Bertz CT molecular complexity index is 497.